The van der Waals surface area contributed by atoms with Crippen molar-refractivity contribution in [2.75, 3.05) is 22.9 Å². The molecule has 1 amide bonds. The molecule has 2 rings (SSSR count). The summed E-state index contributed by atoms with van der Waals surface area (Å²) in [7, 11) is 0. The third-order valence-electron chi connectivity index (χ3n) is 2.59. The van der Waals surface area contributed by atoms with Crippen LogP contribution in [0.25, 0.3) is 0 Å². The zero-order chi connectivity index (χ0) is 16.3. The van der Waals surface area contributed by atoms with Crippen LogP contribution >= 0.6 is 22.9 Å². The topological polar surface area (TPSA) is 123 Å². The average Bonchev–Trinajstić information content (AvgIpc) is 2.82. The Kier molecular flexibility index (Phi) is 4.78. The maximum Gasteiger partial charge on any atom is 0.289 e. The number of amides is 1. The van der Waals surface area contributed by atoms with E-state index >= 15 is 0 Å². The summed E-state index contributed by atoms with van der Waals surface area (Å²) in [4.78, 5) is 26.6. The van der Waals surface area contributed by atoms with Gasteiger partial charge in [0.25, 0.3) is 11.6 Å². The number of benzene rings is 1. The van der Waals surface area contributed by atoms with Crippen LogP contribution in [0.4, 0.5) is 22.3 Å². The van der Waals surface area contributed by atoms with Crippen LogP contribution in [0.3, 0.4) is 0 Å². The van der Waals surface area contributed by atoms with Crippen molar-refractivity contribution in [3.8, 4) is 0 Å². The van der Waals surface area contributed by atoms with Crippen molar-refractivity contribution in [1.29, 1.82) is 0 Å². The number of nitrogens with one attached hydrogen (secondary N) is 2. The van der Waals surface area contributed by atoms with E-state index in [-0.39, 0.29) is 27.1 Å². The molecule has 0 aliphatic carbocycles. The molecule has 0 saturated carbocycles. The summed E-state index contributed by atoms with van der Waals surface area (Å²) < 4.78 is 0. The van der Waals surface area contributed by atoms with Crippen LogP contribution in [0.2, 0.25) is 5.02 Å². The molecular weight excluding hydrogens is 330 g/mol. The summed E-state index contributed by atoms with van der Waals surface area (Å²) in [5, 5.41) is 16.9. The lowest BCUT2D eigenvalue weighted by molar-refractivity contribution is -0.384. The Hall–Kier alpha value is -2.39. The van der Waals surface area contributed by atoms with E-state index in [9.17, 15) is 14.9 Å². The molecule has 0 fully saturated rings. The Morgan fingerprint density at radius 1 is 1.55 bits per heavy atom. The molecule has 116 valence electrons. The van der Waals surface area contributed by atoms with Gasteiger partial charge in [0.05, 0.1) is 4.92 Å². The van der Waals surface area contributed by atoms with E-state index in [1.807, 2.05) is 6.92 Å². The summed E-state index contributed by atoms with van der Waals surface area (Å²) in [5.41, 5.74) is 5.66. The van der Waals surface area contributed by atoms with Gasteiger partial charge in [-0.05, 0) is 19.1 Å². The Morgan fingerprint density at radius 2 is 2.27 bits per heavy atom. The Bertz CT molecular complexity index is 734. The Labute approximate surface area is 134 Å². The van der Waals surface area contributed by atoms with Crippen molar-refractivity contribution in [2.24, 2.45) is 0 Å². The van der Waals surface area contributed by atoms with Gasteiger partial charge in [-0.1, -0.05) is 22.9 Å². The van der Waals surface area contributed by atoms with Crippen LogP contribution in [-0.2, 0) is 0 Å². The molecule has 1 heterocycles. The molecule has 1 aromatic carbocycles. The highest BCUT2D eigenvalue weighted by molar-refractivity contribution is 7.18. The second kappa shape index (κ2) is 6.58. The normalized spacial score (nSPS) is 10.3. The fraction of sp³-hybridized carbons (Fsp3) is 0.167. The first-order valence-electron chi connectivity index (χ1n) is 6.17. The third kappa shape index (κ3) is 3.43. The second-order valence-corrected chi connectivity index (χ2v) is 5.55. The number of nitrogens with zero attached hydrogens (tertiary/aromatic N) is 2. The van der Waals surface area contributed by atoms with Gasteiger partial charge >= 0.3 is 0 Å². The predicted octanol–water partition coefficient (Wildman–Crippen LogP) is 2.97. The number of nitro groups is 1. The smallest absolute Gasteiger partial charge is 0.289 e. The molecule has 2 aromatic rings. The number of aromatic nitrogens is 1. The van der Waals surface area contributed by atoms with Crippen LogP contribution in [0.1, 0.15) is 16.6 Å². The summed E-state index contributed by atoms with van der Waals surface area (Å²) >= 11 is 6.82. The maximum atomic E-state index is 12.2. The standard InChI is InChI=1S/C12H12ClN5O3S/c1-2-15-12-17-10(14)9(22-12)11(19)16-6-3-4-7(13)8(5-6)18(20)21/h3-5H,2,14H2,1H3,(H,15,17)(H,16,19). The lowest BCUT2D eigenvalue weighted by Crippen LogP contribution is -2.12. The number of nitrogen functional groups attached to an aromatic ring is 1. The highest BCUT2D eigenvalue weighted by Gasteiger charge is 2.18. The third-order valence-corrected chi connectivity index (χ3v) is 3.94. The highest BCUT2D eigenvalue weighted by atomic mass is 35.5. The van der Waals surface area contributed by atoms with Crippen LogP contribution in [0.5, 0.6) is 0 Å². The minimum absolute atomic E-state index is 0.00487. The zero-order valence-corrected chi connectivity index (χ0v) is 13.0. The predicted molar refractivity (Wildman–Crippen MR) is 86.7 cm³/mol. The van der Waals surface area contributed by atoms with Crippen molar-refractivity contribution in [3.05, 3.63) is 38.2 Å². The fourth-order valence-corrected chi connectivity index (χ4v) is 2.67. The van der Waals surface area contributed by atoms with Gasteiger partial charge in [-0.25, -0.2) is 4.98 Å². The van der Waals surface area contributed by atoms with E-state index in [4.69, 9.17) is 17.3 Å². The number of hydrogen-bond acceptors (Lipinski definition) is 7. The molecule has 4 N–H and O–H groups in total. The molecule has 0 radical (unpaired) electrons. The van der Waals surface area contributed by atoms with Crippen molar-refractivity contribution in [3.63, 3.8) is 0 Å². The van der Waals surface area contributed by atoms with Crippen molar-refractivity contribution < 1.29 is 9.72 Å². The Morgan fingerprint density at radius 3 is 2.91 bits per heavy atom. The van der Waals surface area contributed by atoms with Gasteiger partial charge in [-0.2, -0.15) is 0 Å². The van der Waals surface area contributed by atoms with Gasteiger partial charge in [0.2, 0.25) is 0 Å². The number of anilines is 3. The molecule has 22 heavy (non-hydrogen) atoms. The van der Waals surface area contributed by atoms with E-state index in [1.54, 1.807) is 0 Å². The molecular formula is C12H12ClN5O3S. The van der Waals surface area contributed by atoms with Crippen molar-refractivity contribution in [1.82, 2.24) is 4.98 Å². The number of thiazole rings is 1. The van der Waals surface area contributed by atoms with Gasteiger partial charge in [0.1, 0.15) is 15.7 Å². The number of nitrogens with two attached hydrogens (primary N) is 1. The van der Waals surface area contributed by atoms with Crippen LogP contribution in [0, 0.1) is 10.1 Å². The number of hydrogen-bond donors (Lipinski definition) is 3. The summed E-state index contributed by atoms with van der Waals surface area (Å²) in [6.07, 6.45) is 0. The van der Waals surface area contributed by atoms with Crippen LogP contribution < -0.4 is 16.4 Å². The van der Waals surface area contributed by atoms with Gasteiger partial charge in [0.15, 0.2) is 5.13 Å². The van der Waals surface area contributed by atoms with E-state index in [0.717, 1.165) is 11.3 Å². The molecule has 0 unspecified atom stereocenters. The summed E-state index contributed by atoms with van der Waals surface area (Å²) in [6.45, 7) is 2.54. The lowest BCUT2D eigenvalue weighted by Gasteiger charge is -2.04. The number of carbonyl (C=O) groups is 1. The minimum atomic E-state index is -0.623. The number of halogens is 1. The van der Waals surface area contributed by atoms with Gasteiger partial charge in [-0.15, -0.1) is 0 Å². The molecule has 0 spiro atoms. The molecule has 0 atom stereocenters. The van der Waals surface area contributed by atoms with Gasteiger partial charge in [0, 0.05) is 18.3 Å². The molecule has 10 heteroatoms. The quantitative estimate of drug-likeness (QED) is 0.567. The molecule has 0 saturated heterocycles. The van der Waals surface area contributed by atoms with E-state index in [1.165, 1.54) is 18.2 Å². The molecule has 0 bridgehead atoms. The SMILES string of the molecule is CCNc1nc(N)c(C(=O)Nc2ccc(Cl)c([N+](=O)[O-])c2)s1. The van der Waals surface area contributed by atoms with E-state index in [2.05, 4.69) is 15.6 Å². The summed E-state index contributed by atoms with van der Waals surface area (Å²) in [5.74, 6) is -0.391. The fourth-order valence-electron chi connectivity index (χ4n) is 1.64. The molecule has 0 aliphatic heterocycles. The van der Waals surface area contributed by atoms with Crippen LogP contribution in [0.15, 0.2) is 18.2 Å². The first kappa shape index (κ1) is 16.0. The number of rotatable bonds is 5. The van der Waals surface area contributed by atoms with Crippen molar-refractivity contribution >= 4 is 51.2 Å². The minimum Gasteiger partial charge on any atom is -0.382 e. The lowest BCUT2D eigenvalue weighted by atomic mass is 10.2. The second-order valence-electron chi connectivity index (χ2n) is 4.14. The van der Waals surface area contributed by atoms with E-state index < -0.39 is 10.8 Å². The van der Waals surface area contributed by atoms with Gasteiger partial charge in [-0.3, -0.25) is 14.9 Å². The first-order valence-corrected chi connectivity index (χ1v) is 7.37. The van der Waals surface area contributed by atoms with Crippen molar-refractivity contribution in [2.45, 2.75) is 6.92 Å². The molecule has 1 aromatic heterocycles. The zero-order valence-electron chi connectivity index (χ0n) is 11.4. The Balaban J connectivity index is 2.22. The largest absolute Gasteiger partial charge is 0.382 e. The number of nitro benzene ring substituents is 1. The van der Waals surface area contributed by atoms with Gasteiger partial charge < -0.3 is 16.4 Å². The average molecular weight is 342 g/mol. The molecule has 0 aliphatic rings. The summed E-state index contributed by atoms with van der Waals surface area (Å²) in [6, 6.07) is 3.99. The maximum absolute atomic E-state index is 12.2. The van der Waals surface area contributed by atoms with E-state index in [0.29, 0.717) is 11.7 Å². The molecule has 8 nitrogen and oxygen atoms in total. The monoisotopic (exact) mass is 341 g/mol. The highest BCUT2D eigenvalue weighted by Crippen LogP contribution is 2.29. The first-order chi connectivity index (χ1) is 10.4. The number of carbonyl (C=O) groups excluding carboxylic acids is 1. The van der Waals surface area contributed by atoms with Crippen LogP contribution in [-0.4, -0.2) is 22.4 Å².